The molecule has 2 fully saturated rings. The minimum absolute atomic E-state index is 0.302. The van der Waals surface area contributed by atoms with Gasteiger partial charge in [0.1, 0.15) is 5.82 Å². The van der Waals surface area contributed by atoms with Gasteiger partial charge in [-0.15, -0.1) is 0 Å². The van der Waals surface area contributed by atoms with Crippen molar-refractivity contribution < 1.29 is 13.2 Å². The van der Waals surface area contributed by atoms with Crippen LogP contribution in [0, 0.1) is 0 Å². The Balaban J connectivity index is 1.32. The average Bonchev–Trinajstić information content (AvgIpc) is 2.84. The average molecular weight is 473 g/mol. The molecule has 168 valence electrons. The zero-order valence-electron chi connectivity index (χ0n) is 17.7. The van der Waals surface area contributed by atoms with E-state index in [1.807, 2.05) is 30.3 Å². The summed E-state index contributed by atoms with van der Waals surface area (Å²) >= 11 is 6.13. The number of pyridine rings is 1. The lowest BCUT2D eigenvalue weighted by atomic mass is 10.2. The standard InChI is InChI=1S/C23H25ClN4O3S/c24-19-2-1-3-20(17-19)26-8-10-27(11-9-26)23-7-4-18-16-21(5-6-22(18)25-23)32(29,30)28-12-14-31-15-13-28/h1-7,16-17H,8-15H2. The van der Waals surface area contributed by atoms with E-state index in [-0.39, 0.29) is 0 Å². The van der Waals surface area contributed by atoms with Gasteiger partial charge in [0, 0.05) is 55.4 Å². The Labute approximate surface area is 193 Å². The molecule has 2 aliphatic rings. The summed E-state index contributed by atoms with van der Waals surface area (Å²) in [6, 6.07) is 17.0. The number of aromatic nitrogens is 1. The first-order valence-electron chi connectivity index (χ1n) is 10.7. The van der Waals surface area contributed by atoms with Crippen molar-refractivity contribution in [2.45, 2.75) is 4.90 Å². The second-order valence-electron chi connectivity index (χ2n) is 7.99. The summed E-state index contributed by atoms with van der Waals surface area (Å²) < 4.78 is 32.6. The van der Waals surface area contributed by atoms with Gasteiger partial charge < -0.3 is 14.5 Å². The predicted octanol–water partition coefficient (Wildman–Crippen LogP) is 3.24. The summed E-state index contributed by atoms with van der Waals surface area (Å²) in [5.74, 6) is 0.909. The van der Waals surface area contributed by atoms with Crippen LogP contribution in [0.25, 0.3) is 10.9 Å². The Morgan fingerprint density at radius 1 is 0.844 bits per heavy atom. The zero-order valence-corrected chi connectivity index (χ0v) is 19.2. The highest BCUT2D eigenvalue weighted by atomic mass is 35.5. The van der Waals surface area contributed by atoms with E-state index in [0.29, 0.717) is 31.2 Å². The number of morpholine rings is 1. The molecule has 0 amide bonds. The van der Waals surface area contributed by atoms with Crippen LogP contribution >= 0.6 is 11.6 Å². The molecule has 0 saturated carbocycles. The fraction of sp³-hybridized carbons (Fsp3) is 0.348. The summed E-state index contributed by atoms with van der Waals surface area (Å²) in [5.41, 5.74) is 1.93. The van der Waals surface area contributed by atoms with Crippen molar-refractivity contribution in [1.82, 2.24) is 9.29 Å². The van der Waals surface area contributed by atoms with Gasteiger partial charge in [-0.3, -0.25) is 0 Å². The molecule has 7 nitrogen and oxygen atoms in total. The number of nitrogens with zero attached hydrogens (tertiary/aromatic N) is 4. The van der Waals surface area contributed by atoms with Gasteiger partial charge in [-0.25, -0.2) is 13.4 Å². The van der Waals surface area contributed by atoms with E-state index >= 15 is 0 Å². The van der Waals surface area contributed by atoms with E-state index in [0.717, 1.165) is 53.6 Å². The van der Waals surface area contributed by atoms with Crippen LogP contribution < -0.4 is 9.80 Å². The Kier molecular flexibility index (Phi) is 5.94. The third kappa shape index (κ3) is 4.28. The van der Waals surface area contributed by atoms with Gasteiger partial charge in [-0.1, -0.05) is 17.7 Å². The minimum Gasteiger partial charge on any atom is -0.379 e. The van der Waals surface area contributed by atoms with Gasteiger partial charge in [-0.05, 0) is 48.5 Å². The molecule has 0 spiro atoms. The molecule has 0 N–H and O–H groups in total. The summed E-state index contributed by atoms with van der Waals surface area (Å²) in [6.45, 7) is 5.12. The fourth-order valence-corrected chi connectivity index (χ4v) is 5.86. The van der Waals surface area contributed by atoms with Gasteiger partial charge >= 0.3 is 0 Å². The first-order chi connectivity index (χ1) is 15.5. The van der Waals surface area contributed by atoms with E-state index in [1.165, 1.54) is 4.31 Å². The van der Waals surface area contributed by atoms with Gasteiger partial charge in [0.05, 0.1) is 23.6 Å². The predicted molar refractivity (Wildman–Crippen MR) is 127 cm³/mol. The van der Waals surface area contributed by atoms with Crippen LogP contribution in [-0.4, -0.2) is 70.2 Å². The summed E-state index contributed by atoms with van der Waals surface area (Å²) in [5, 5.41) is 1.57. The summed E-state index contributed by atoms with van der Waals surface area (Å²) in [6.07, 6.45) is 0. The van der Waals surface area contributed by atoms with E-state index < -0.39 is 10.0 Å². The third-order valence-corrected chi connectivity index (χ3v) is 8.16. The van der Waals surface area contributed by atoms with Crippen LogP contribution in [0.15, 0.2) is 59.5 Å². The monoisotopic (exact) mass is 472 g/mol. The maximum Gasteiger partial charge on any atom is 0.243 e. The topological polar surface area (TPSA) is 66.0 Å². The van der Waals surface area contributed by atoms with Crippen molar-refractivity contribution in [2.75, 3.05) is 62.3 Å². The SMILES string of the molecule is O=S(=O)(c1ccc2nc(N3CCN(c4cccc(Cl)c4)CC3)ccc2c1)N1CCOCC1. The lowest BCUT2D eigenvalue weighted by molar-refractivity contribution is 0.0730. The molecule has 3 heterocycles. The van der Waals surface area contributed by atoms with Crippen LogP contribution in [0.1, 0.15) is 0 Å². The van der Waals surface area contributed by atoms with Crippen molar-refractivity contribution in [2.24, 2.45) is 0 Å². The molecule has 0 bridgehead atoms. The highest BCUT2D eigenvalue weighted by molar-refractivity contribution is 7.89. The third-order valence-electron chi connectivity index (χ3n) is 6.03. The van der Waals surface area contributed by atoms with Crippen molar-refractivity contribution in [3.63, 3.8) is 0 Å². The molecule has 0 atom stereocenters. The molecule has 0 radical (unpaired) electrons. The van der Waals surface area contributed by atoms with E-state index in [9.17, 15) is 8.42 Å². The molecule has 2 saturated heterocycles. The molecule has 2 aliphatic heterocycles. The Morgan fingerprint density at radius 2 is 1.59 bits per heavy atom. The van der Waals surface area contributed by atoms with Crippen molar-refractivity contribution in [1.29, 1.82) is 0 Å². The minimum atomic E-state index is -3.52. The van der Waals surface area contributed by atoms with Crippen LogP contribution in [-0.2, 0) is 14.8 Å². The highest BCUT2D eigenvalue weighted by Crippen LogP contribution is 2.26. The number of hydrogen-bond donors (Lipinski definition) is 0. The molecule has 5 rings (SSSR count). The molecular weight excluding hydrogens is 448 g/mol. The Hall–Kier alpha value is -2.39. The van der Waals surface area contributed by atoms with Crippen LogP contribution in [0.2, 0.25) is 5.02 Å². The Bertz CT molecular complexity index is 1220. The van der Waals surface area contributed by atoms with E-state index in [2.05, 4.69) is 15.9 Å². The molecule has 32 heavy (non-hydrogen) atoms. The van der Waals surface area contributed by atoms with Crippen molar-refractivity contribution in [3.05, 3.63) is 59.6 Å². The maximum absolute atomic E-state index is 12.9. The first kappa shape index (κ1) is 21.5. The van der Waals surface area contributed by atoms with Crippen LogP contribution in [0.3, 0.4) is 0 Å². The number of fused-ring (bicyclic) bond motifs is 1. The van der Waals surface area contributed by atoms with Gasteiger partial charge in [0.15, 0.2) is 0 Å². The quantitative estimate of drug-likeness (QED) is 0.580. The number of sulfonamides is 1. The highest BCUT2D eigenvalue weighted by Gasteiger charge is 2.26. The number of halogens is 1. The second-order valence-corrected chi connectivity index (χ2v) is 10.4. The molecular formula is C23H25ClN4O3S. The van der Waals surface area contributed by atoms with Crippen molar-refractivity contribution >= 4 is 44.0 Å². The smallest absolute Gasteiger partial charge is 0.243 e. The largest absolute Gasteiger partial charge is 0.379 e. The van der Waals surface area contributed by atoms with Crippen molar-refractivity contribution in [3.8, 4) is 0 Å². The number of piperazine rings is 1. The molecule has 0 unspecified atom stereocenters. The van der Waals surface area contributed by atoms with E-state index in [1.54, 1.807) is 18.2 Å². The number of anilines is 2. The lowest BCUT2D eigenvalue weighted by Gasteiger charge is -2.36. The molecule has 3 aromatic rings. The van der Waals surface area contributed by atoms with Crippen LogP contribution in [0.4, 0.5) is 11.5 Å². The molecule has 9 heteroatoms. The summed E-state index contributed by atoms with van der Waals surface area (Å²) in [4.78, 5) is 9.70. The number of ether oxygens (including phenoxy) is 1. The maximum atomic E-state index is 12.9. The van der Waals surface area contributed by atoms with E-state index in [4.69, 9.17) is 21.3 Å². The fourth-order valence-electron chi connectivity index (χ4n) is 4.23. The lowest BCUT2D eigenvalue weighted by Crippen LogP contribution is -2.46. The molecule has 0 aliphatic carbocycles. The Morgan fingerprint density at radius 3 is 2.34 bits per heavy atom. The zero-order chi connectivity index (χ0) is 22.1. The normalized spacial score (nSPS) is 18.3. The number of hydrogen-bond acceptors (Lipinski definition) is 6. The number of rotatable bonds is 4. The first-order valence-corrected chi connectivity index (χ1v) is 12.6. The second kappa shape index (κ2) is 8.86. The summed E-state index contributed by atoms with van der Waals surface area (Å²) in [7, 11) is -3.52. The van der Waals surface area contributed by atoms with Gasteiger partial charge in [0.2, 0.25) is 10.0 Å². The van der Waals surface area contributed by atoms with Gasteiger partial charge in [0.25, 0.3) is 0 Å². The number of benzene rings is 2. The van der Waals surface area contributed by atoms with Gasteiger partial charge in [-0.2, -0.15) is 4.31 Å². The molecule has 2 aromatic carbocycles. The van der Waals surface area contributed by atoms with Crippen LogP contribution in [0.5, 0.6) is 0 Å². The molecule has 1 aromatic heterocycles.